The Morgan fingerprint density at radius 1 is 1.19 bits per heavy atom. The van der Waals surface area contributed by atoms with E-state index in [1.165, 1.54) is 12.5 Å². The quantitative estimate of drug-likeness (QED) is 0.580. The molecule has 1 rings (SSSR count). The Morgan fingerprint density at radius 2 is 1.88 bits per heavy atom. The fourth-order valence-electron chi connectivity index (χ4n) is 1.35. The average molecular weight is 220 g/mol. The maximum atomic E-state index is 10.9. The summed E-state index contributed by atoms with van der Waals surface area (Å²) in [6.45, 7) is 5.41. The molecular formula is C13H16O3. The fraction of sp³-hybridized carbons (Fsp3) is 0.308. The molecular weight excluding hydrogens is 204 g/mol. The number of allylic oxidation sites excluding steroid dienone is 1. The van der Waals surface area contributed by atoms with Gasteiger partial charge in [0.15, 0.2) is 11.5 Å². The van der Waals surface area contributed by atoms with E-state index in [0.29, 0.717) is 11.5 Å². The summed E-state index contributed by atoms with van der Waals surface area (Å²) in [5.41, 5.74) is 2.22. The molecule has 3 nitrogen and oxygen atoms in total. The maximum Gasteiger partial charge on any atom is 0.308 e. The van der Waals surface area contributed by atoms with Crippen LogP contribution >= 0.6 is 0 Å². The van der Waals surface area contributed by atoms with Crippen molar-refractivity contribution in [2.45, 2.75) is 20.8 Å². The summed E-state index contributed by atoms with van der Waals surface area (Å²) >= 11 is 0. The standard InChI is InChI=1S/C13H16O3/c1-9(2)7-11-5-6-12(16-10(3)14)13(8-11)15-4/h5-8H,1-4H3. The lowest BCUT2D eigenvalue weighted by molar-refractivity contribution is -0.132. The molecule has 0 aliphatic rings. The van der Waals surface area contributed by atoms with E-state index in [1.807, 2.05) is 32.1 Å². The molecule has 0 saturated heterocycles. The van der Waals surface area contributed by atoms with Crippen molar-refractivity contribution in [2.24, 2.45) is 0 Å². The van der Waals surface area contributed by atoms with Gasteiger partial charge >= 0.3 is 5.97 Å². The zero-order valence-electron chi connectivity index (χ0n) is 10.0. The zero-order valence-corrected chi connectivity index (χ0v) is 10.0. The maximum absolute atomic E-state index is 10.9. The van der Waals surface area contributed by atoms with Crippen LogP contribution in [0.3, 0.4) is 0 Å². The summed E-state index contributed by atoms with van der Waals surface area (Å²) < 4.78 is 10.2. The number of ether oxygens (including phenoxy) is 2. The fourth-order valence-corrected chi connectivity index (χ4v) is 1.35. The summed E-state index contributed by atoms with van der Waals surface area (Å²) in [5.74, 6) is 0.652. The van der Waals surface area contributed by atoms with Gasteiger partial charge in [-0.1, -0.05) is 17.7 Å². The van der Waals surface area contributed by atoms with Crippen molar-refractivity contribution < 1.29 is 14.3 Å². The van der Waals surface area contributed by atoms with E-state index in [4.69, 9.17) is 9.47 Å². The topological polar surface area (TPSA) is 35.5 Å². The highest BCUT2D eigenvalue weighted by Gasteiger charge is 2.06. The van der Waals surface area contributed by atoms with Gasteiger partial charge in [-0.2, -0.15) is 0 Å². The van der Waals surface area contributed by atoms with Crippen LogP contribution < -0.4 is 9.47 Å². The van der Waals surface area contributed by atoms with E-state index in [-0.39, 0.29) is 5.97 Å². The van der Waals surface area contributed by atoms with Crippen LogP contribution in [0.25, 0.3) is 6.08 Å². The first-order valence-electron chi connectivity index (χ1n) is 5.04. The minimum atomic E-state index is -0.353. The van der Waals surface area contributed by atoms with Gasteiger partial charge in [-0.05, 0) is 31.5 Å². The third-order valence-corrected chi connectivity index (χ3v) is 1.90. The van der Waals surface area contributed by atoms with Gasteiger partial charge in [0.2, 0.25) is 0 Å². The third kappa shape index (κ3) is 3.42. The first-order valence-corrected chi connectivity index (χ1v) is 5.04. The number of rotatable bonds is 3. The van der Waals surface area contributed by atoms with Gasteiger partial charge in [0, 0.05) is 6.92 Å². The van der Waals surface area contributed by atoms with Crippen LogP contribution in [0.15, 0.2) is 23.8 Å². The van der Waals surface area contributed by atoms with Crippen LogP contribution in [-0.4, -0.2) is 13.1 Å². The van der Waals surface area contributed by atoms with Gasteiger partial charge in [-0.25, -0.2) is 0 Å². The van der Waals surface area contributed by atoms with E-state index in [9.17, 15) is 4.79 Å². The number of carbonyl (C=O) groups is 1. The van der Waals surface area contributed by atoms with Gasteiger partial charge in [-0.15, -0.1) is 0 Å². The van der Waals surface area contributed by atoms with Crippen LogP contribution in [0.5, 0.6) is 11.5 Å². The van der Waals surface area contributed by atoms with E-state index in [0.717, 1.165) is 5.56 Å². The van der Waals surface area contributed by atoms with Gasteiger partial charge in [0.25, 0.3) is 0 Å². The van der Waals surface area contributed by atoms with Crippen molar-refractivity contribution in [1.82, 2.24) is 0 Å². The van der Waals surface area contributed by atoms with Crippen LogP contribution in [0.4, 0.5) is 0 Å². The van der Waals surface area contributed by atoms with Gasteiger partial charge in [-0.3, -0.25) is 4.79 Å². The zero-order chi connectivity index (χ0) is 12.1. The van der Waals surface area contributed by atoms with Crippen molar-refractivity contribution in [3.8, 4) is 11.5 Å². The Bertz CT molecular complexity index is 415. The normalized spacial score (nSPS) is 9.50. The SMILES string of the molecule is COc1cc(C=C(C)C)ccc1OC(C)=O. The molecule has 0 amide bonds. The second kappa shape index (κ2) is 5.35. The lowest BCUT2D eigenvalue weighted by Gasteiger charge is -2.08. The lowest BCUT2D eigenvalue weighted by Crippen LogP contribution is -2.03. The molecule has 0 atom stereocenters. The molecule has 1 aromatic carbocycles. The average Bonchev–Trinajstić information content (AvgIpc) is 2.18. The van der Waals surface area contributed by atoms with E-state index >= 15 is 0 Å². The van der Waals surface area contributed by atoms with Crippen LogP contribution in [0.1, 0.15) is 26.3 Å². The van der Waals surface area contributed by atoms with E-state index in [1.54, 1.807) is 13.2 Å². The van der Waals surface area contributed by atoms with E-state index in [2.05, 4.69) is 0 Å². The van der Waals surface area contributed by atoms with Gasteiger partial charge < -0.3 is 9.47 Å². The van der Waals surface area contributed by atoms with Crippen molar-refractivity contribution in [2.75, 3.05) is 7.11 Å². The molecule has 16 heavy (non-hydrogen) atoms. The molecule has 0 aliphatic carbocycles. The molecule has 0 saturated carbocycles. The molecule has 0 spiro atoms. The Balaban J connectivity index is 3.06. The first kappa shape index (κ1) is 12.3. The number of hydrogen-bond acceptors (Lipinski definition) is 3. The van der Waals surface area contributed by atoms with Crippen molar-refractivity contribution in [3.05, 3.63) is 29.3 Å². The Kier molecular flexibility index (Phi) is 4.11. The molecule has 0 bridgehead atoms. The minimum absolute atomic E-state index is 0.353. The number of hydrogen-bond donors (Lipinski definition) is 0. The highest BCUT2D eigenvalue weighted by Crippen LogP contribution is 2.28. The molecule has 0 N–H and O–H groups in total. The lowest BCUT2D eigenvalue weighted by atomic mass is 10.1. The monoisotopic (exact) mass is 220 g/mol. The molecule has 0 heterocycles. The number of benzene rings is 1. The highest BCUT2D eigenvalue weighted by molar-refractivity contribution is 5.71. The Hall–Kier alpha value is -1.77. The molecule has 0 radical (unpaired) electrons. The minimum Gasteiger partial charge on any atom is -0.493 e. The first-order chi connectivity index (χ1) is 7.52. The van der Waals surface area contributed by atoms with Gasteiger partial charge in [0.05, 0.1) is 7.11 Å². The van der Waals surface area contributed by atoms with Crippen molar-refractivity contribution in [1.29, 1.82) is 0 Å². The summed E-state index contributed by atoms with van der Waals surface area (Å²) in [4.78, 5) is 10.9. The third-order valence-electron chi connectivity index (χ3n) is 1.90. The van der Waals surface area contributed by atoms with Crippen LogP contribution in [-0.2, 0) is 4.79 Å². The summed E-state index contributed by atoms with van der Waals surface area (Å²) in [7, 11) is 1.55. The molecule has 0 aromatic heterocycles. The highest BCUT2D eigenvalue weighted by atomic mass is 16.6. The molecule has 0 unspecified atom stereocenters. The smallest absolute Gasteiger partial charge is 0.308 e. The number of methoxy groups -OCH3 is 1. The summed E-state index contributed by atoms with van der Waals surface area (Å²) in [5, 5.41) is 0. The van der Waals surface area contributed by atoms with Gasteiger partial charge in [0.1, 0.15) is 0 Å². The predicted octanol–water partition coefficient (Wildman–Crippen LogP) is 3.04. The van der Waals surface area contributed by atoms with Crippen molar-refractivity contribution in [3.63, 3.8) is 0 Å². The molecule has 3 heteroatoms. The molecule has 1 aromatic rings. The predicted molar refractivity (Wildman–Crippen MR) is 63.6 cm³/mol. The second-order valence-electron chi connectivity index (χ2n) is 3.73. The number of esters is 1. The number of carbonyl (C=O) groups excluding carboxylic acids is 1. The second-order valence-corrected chi connectivity index (χ2v) is 3.73. The largest absolute Gasteiger partial charge is 0.493 e. The molecule has 86 valence electrons. The molecule has 0 fully saturated rings. The summed E-state index contributed by atoms with van der Waals surface area (Å²) in [6, 6.07) is 5.45. The van der Waals surface area contributed by atoms with Crippen LogP contribution in [0.2, 0.25) is 0 Å². The van der Waals surface area contributed by atoms with E-state index < -0.39 is 0 Å². The van der Waals surface area contributed by atoms with Crippen LogP contribution in [0, 0.1) is 0 Å². The Morgan fingerprint density at radius 3 is 2.38 bits per heavy atom. The Labute approximate surface area is 95.7 Å². The van der Waals surface area contributed by atoms with Crippen molar-refractivity contribution >= 4 is 12.0 Å². The summed E-state index contributed by atoms with van der Waals surface area (Å²) in [6.07, 6.45) is 2.03. The molecule has 0 aliphatic heterocycles.